The van der Waals surface area contributed by atoms with E-state index in [0.29, 0.717) is 0 Å². The molecule has 0 radical (unpaired) electrons. The maximum atomic E-state index is 13.5. The highest BCUT2D eigenvalue weighted by molar-refractivity contribution is 7.86. The lowest BCUT2D eigenvalue weighted by molar-refractivity contribution is -0.0362. The summed E-state index contributed by atoms with van der Waals surface area (Å²) >= 11 is 0. The van der Waals surface area contributed by atoms with Gasteiger partial charge in [0.1, 0.15) is 6.61 Å². The van der Waals surface area contributed by atoms with Gasteiger partial charge in [-0.05, 0) is 57.7 Å². The van der Waals surface area contributed by atoms with Gasteiger partial charge in [0.15, 0.2) is 15.9 Å². The number of hydrogen-bond acceptors (Lipinski definition) is 6. The average Bonchev–Trinajstić information content (AvgIpc) is 2.92. The van der Waals surface area contributed by atoms with Crippen LogP contribution in [-0.2, 0) is 21.3 Å². The van der Waals surface area contributed by atoms with Crippen molar-refractivity contribution in [2.45, 2.75) is 23.8 Å². The number of hydrogen-bond donors (Lipinski definition) is 0. The molecule has 3 aromatic rings. The molecule has 0 amide bonds. The van der Waals surface area contributed by atoms with E-state index in [-0.39, 0.29) is 22.8 Å². The Balaban J connectivity index is 1.29. The fourth-order valence-corrected chi connectivity index (χ4v) is 5.11. The summed E-state index contributed by atoms with van der Waals surface area (Å²) in [6.45, 7) is -1.64. The zero-order valence-corrected chi connectivity index (χ0v) is 21.0. The Bertz CT molecular complexity index is 1690. The summed E-state index contributed by atoms with van der Waals surface area (Å²) in [7, 11) is -6.27. The second kappa shape index (κ2) is 9.94. The minimum Gasteiger partial charge on any atom is -0.743 e. The molecule has 0 aromatic heterocycles. The van der Waals surface area contributed by atoms with Gasteiger partial charge in [-0.3, -0.25) is 4.79 Å². The molecule has 10 heteroatoms. The number of rotatable bonds is 8. The largest absolute Gasteiger partial charge is 0.743 e. The maximum Gasteiger partial charge on any atom is 0.368 e. The molecule has 0 aliphatic heterocycles. The number of ether oxygens (including phenoxy) is 1. The average molecular weight is 554 g/mol. The van der Waals surface area contributed by atoms with E-state index >= 15 is 0 Å². The monoisotopic (exact) mass is 553 g/mol. The zero-order chi connectivity index (χ0) is 27.9. The first-order chi connectivity index (χ1) is 18.5. The van der Waals surface area contributed by atoms with Crippen LogP contribution in [0.2, 0.25) is 0 Å². The molecule has 2 aliphatic rings. The van der Waals surface area contributed by atoms with Crippen LogP contribution >= 0.6 is 0 Å². The van der Waals surface area contributed by atoms with Gasteiger partial charge < -0.3 is 9.29 Å². The van der Waals surface area contributed by atoms with Crippen molar-refractivity contribution in [1.29, 1.82) is 0 Å². The number of ketones is 1. The highest BCUT2D eigenvalue weighted by Crippen LogP contribution is 2.41. The highest BCUT2D eigenvalue weighted by Gasteiger charge is 2.48. The molecule has 2 atom stereocenters. The molecule has 0 fully saturated rings. The summed E-state index contributed by atoms with van der Waals surface area (Å²) in [4.78, 5) is 24.8. The normalized spacial score (nSPS) is 17.0. The standard InChI is InChI=1S/C29H21F3O6S/c30-25(29(31,32)39(35,36)37)16-38-28(34)22-10-5-18(6-11-22)24(33)15-13-17-4-7-21-9-8-19-2-1-3-20-12-14-23(17)27(21)26(19)20/h1-2,4-15,19,25H,3,16H2,(H,35,36,37)/p-1/b15-13+. The number of halogens is 3. The number of carbonyl (C=O) groups is 2. The van der Waals surface area contributed by atoms with Gasteiger partial charge in [-0.1, -0.05) is 66.8 Å². The van der Waals surface area contributed by atoms with E-state index < -0.39 is 34.1 Å². The van der Waals surface area contributed by atoms with Crippen LogP contribution in [0.25, 0.3) is 22.9 Å². The van der Waals surface area contributed by atoms with Gasteiger partial charge in [0.2, 0.25) is 6.17 Å². The Labute approximate surface area is 221 Å². The molecular formula is C29H20F3O6S-. The SMILES string of the molecule is O=C(/C=C/c1ccc2c3c4c(ccc13)CC=CC4C=C2)c1ccc(C(=O)OCC(F)C(F)(F)S(=O)(=O)[O-])cc1. The quantitative estimate of drug-likeness (QED) is 0.119. The smallest absolute Gasteiger partial charge is 0.368 e. The van der Waals surface area contributed by atoms with E-state index in [1.54, 1.807) is 6.08 Å². The fourth-order valence-electron chi connectivity index (χ4n) is 4.73. The van der Waals surface area contributed by atoms with E-state index in [2.05, 4.69) is 41.2 Å². The first-order valence-corrected chi connectivity index (χ1v) is 13.3. The van der Waals surface area contributed by atoms with Crippen molar-refractivity contribution in [2.24, 2.45) is 0 Å². The molecule has 3 aromatic carbocycles. The van der Waals surface area contributed by atoms with Crippen molar-refractivity contribution in [3.8, 4) is 0 Å². The molecule has 0 N–H and O–H groups in total. The van der Waals surface area contributed by atoms with Crippen molar-refractivity contribution in [2.75, 3.05) is 6.61 Å². The number of carbonyl (C=O) groups excluding carboxylic acids is 2. The van der Waals surface area contributed by atoms with Crippen LogP contribution < -0.4 is 0 Å². The molecule has 2 unspecified atom stereocenters. The molecule has 0 bridgehead atoms. The minimum absolute atomic E-state index is 0.187. The molecule has 0 saturated carbocycles. The molecule has 0 spiro atoms. The number of esters is 1. The lowest BCUT2D eigenvalue weighted by atomic mass is 9.78. The van der Waals surface area contributed by atoms with Gasteiger partial charge in [0.25, 0.3) is 0 Å². The van der Waals surface area contributed by atoms with Crippen LogP contribution in [0.1, 0.15) is 48.9 Å². The predicted octanol–water partition coefficient (Wildman–Crippen LogP) is 5.59. The van der Waals surface area contributed by atoms with E-state index in [1.165, 1.54) is 46.9 Å². The van der Waals surface area contributed by atoms with Gasteiger partial charge in [-0.2, -0.15) is 8.78 Å². The van der Waals surface area contributed by atoms with Crippen LogP contribution in [0, 0.1) is 0 Å². The lowest BCUT2D eigenvalue weighted by Gasteiger charge is -2.25. The third-order valence-electron chi connectivity index (χ3n) is 6.75. The summed E-state index contributed by atoms with van der Waals surface area (Å²) in [6.07, 6.45) is 9.10. The van der Waals surface area contributed by atoms with E-state index in [1.807, 2.05) is 12.1 Å². The Morgan fingerprint density at radius 1 is 1.05 bits per heavy atom. The first kappa shape index (κ1) is 26.6. The number of allylic oxidation sites excluding steroid dienone is 4. The summed E-state index contributed by atoms with van der Waals surface area (Å²) in [6, 6.07) is 13.1. The zero-order valence-electron chi connectivity index (χ0n) is 20.1. The molecule has 2 aliphatic carbocycles. The Morgan fingerprint density at radius 3 is 2.49 bits per heavy atom. The fraction of sp³-hybridized carbons (Fsp3) is 0.172. The Hall–Kier alpha value is -4.02. The maximum absolute atomic E-state index is 13.5. The molecule has 39 heavy (non-hydrogen) atoms. The molecule has 0 saturated heterocycles. The molecular weight excluding hydrogens is 533 g/mol. The highest BCUT2D eigenvalue weighted by atomic mass is 32.2. The van der Waals surface area contributed by atoms with Crippen LogP contribution in [0.3, 0.4) is 0 Å². The van der Waals surface area contributed by atoms with Crippen molar-refractivity contribution in [1.82, 2.24) is 0 Å². The van der Waals surface area contributed by atoms with E-state index in [4.69, 9.17) is 0 Å². The van der Waals surface area contributed by atoms with Gasteiger partial charge in [0.05, 0.1) is 5.56 Å². The molecule has 6 nitrogen and oxygen atoms in total. The van der Waals surface area contributed by atoms with Crippen LogP contribution in [0.4, 0.5) is 13.2 Å². The van der Waals surface area contributed by atoms with Crippen molar-refractivity contribution in [3.63, 3.8) is 0 Å². The van der Waals surface area contributed by atoms with Crippen molar-refractivity contribution >= 4 is 44.8 Å². The third kappa shape index (κ3) is 4.93. The second-order valence-corrected chi connectivity index (χ2v) is 10.6. The lowest BCUT2D eigenvalue weighted by Crippen LogP contribution is -2.41. The summed E-state index contributed by atoms with van der Waals surface area (Å²) in [5.74, 6) is -1.37. The summed E-state index contributed by atoms with van der Waals surface area (Å²) in [5.41, 5.74) is 4.59. The van der Waals surface area contributed by atoms with Crippen LogP contribution in [-0.4, -0.2) is 42.8 Å². The molecule has 0 heterocycles. The van der Waals surface area contributed by atoms with Crippen molar-refractivity contribution < 1.29 is 40.5 Å². The second-order valence-electron chi connectivity index (χ2n) is 9.18. The number of benzene rings is 3. The van der Waals surface area contributed by atoms with Crippen molar-refractivity contribution in [3.05, 3.63) is 106 Å². The minimum atomic E-state index is -6.27. The first-order valence-electron chi connectivity index (χ1n) is 11.9. The van der Waals surface area contributed by atoms with Crippen LogP contribution in [0.15, 0.2) is 72.8 Å². The van der Waals surface area contributed by atoms with E-state index in [9.17, 15) is 35.7 Å². The third-order valence-corrected chi connectivity index (χ3v) is 7.68. The van der Waals surface area contributed by atoms with Gasteiger partial charge in [-0.15, -0.1) is 0 Å². The van der Waals surface area contributed by atoms with Gasteiger partial charge in [-0.25, -0.2) is 17.6 Å². The number of alkyl halides is 3. The van der Waals surface area contributed by atoms with Gasteiger partial charge >= 0.3 is 11.2 Å². The molecule has 5 rings (SSSR count). The molecule has 200 valence electrons. The topological polar surface area (TPSA) is 101 Å². The summed E-state index contributed by atoms with van der Waals surface area (Å²) in [5, 5.41) is -3.05. The Morgan fingerprint density at radius 2 is 1.77 bits per heavy atom. The van der Waals surface area contributed by atoms with E-state index in [0.717, 1.165) is 22.9 Å². The van der Waals surface area contributed by atoms with Gasteiger partial charge in [0, 0.05) is 11.5 Å². The predicted molar refractivity (Wildman–Crippen MR) is 138 cm³/mol. The van der Waals surface area contributed by atoms with Crippen LogP contribution in [0.5, 0.6) is 0 Å². The Kier molecular flexibility index (Phi) is 6.77. The summed E-state index contributed by atoms with van der Waals surface area (Å²) < 4.78 is 75.7.